The molecule has 2 aliphatic rings. The van der Waals surface area contributed by atoms with Gasteiger partial charge in [0.05, 0.1) is 6.10 Å². The molecule has 116 valence electrons. The second-order valence-electron chi connectivity index (χ2n) is 8.47. The summed E-state index contributed by atoms with van der Waals surface area (Å²) in [5.74, 6) is 1.60. The molecule has 0 spiro atoms. The lowest BCUT2D eigenvalue weighted by Crippen LogP contribution is -2.46. The van der Waals surface area contributed by atoms with E-state index in [0.717, 1.165) is 24.7 Å². The first-order valence-electron chi connectivity index (χ1n) is 8.60. The van der Waals surface area contributed by atoms with Crippen molar-refractivity contribution in [2.24, 2.45) is 22.7 Å². The third kappa shape index (κ3) is 2.98. The van der Waals surface area contributed by atoms with Gasteiger partial charge in [-0.2, -0.15) is 0 Å². The van der Waals surface area contributed by atoms with E-state index in [-0.39, 0.29) is 6.10 Å². The van der Waals surface area contributed by atoms with Crippen LogP contribution in [-0.4, -0.2) is 11.2 Å². The lowest BCUT2D eigenvalue weighted by Gasteiger charge is -2.53. The Morgan fingerprint density at radius 3 is 1.65 bits per heavy atom. The van der Waals surface area contributed by atoms with Gasteiger partial charge < -0.3 is 5.11 Å². The summed E-state index contributed by atoms with van der Waals surface area (Å²) in [6, 6.07) is 0. The normalized spacial score (nSPS) is 30.6. The van der Waals surface area contributed by atoms with Crippen molar-refractivity contribution in [3.05, 3.63) is 12.2 Å². The number of aliphatic hydroxyl groups is 1. The molecular formula is C19H34O. The maximum atomic E-state index is 9.76. The van der Waals surface area contributed by atoms with Crippen LogP contribution in [0.5, 0.6) is 0 Å². The fraction of sp³-hybridized carbons (Fsp3) is 0.895. The molecule has 0 atom stereocenters. The van der Waals surface area contributed by atoms with Crippen LogP contribution in [0.2, 0.25) is 0 Å². The number of rotatable bonds is 3. The summed E-state index contributed by atoms with van der Waals surface area (Å²) in [7, 11) is 0. The molecule has 0 saturated heterocycles. The Morgan fingerprint density at radius 1 is 0.800 bits per heavy atom. The molecule has 1 nitrogen and oxygen atoms in total. The van der Waals surface area contributed by atoms with Gasteiger partial charge in [0.2, 0.25) is 0 Å². The van der Waals surface area contributed by atoms with Crippen LogP contribution in [0, 0.1) is 22.7 Å². The molecule has 2 rings (SSSR count). The van der Waals surface area contributed by atoms with E-state index in [1.54, 1.807) is 0 Å². The van der Waals surface area contributed by atoms with E-state index >= 15 is 0 Å². The van der Waals surface area contributed by atoms with E-state index in [1.807, 2.05) is 0 Å². The van der Waals surface area contributed by atoms with Gasteiger partial charge in [-0.25, -0.2) is 0 Å². The van der Waals surface area contributed by atoms with E-state index in [0.29, 0.717) is 10.8 Å². The van der Waals surface area contributed by atoms with Crippen LogP contribution in [0.15, 0.2) is 12.2 Å². The molecule has 2 fully saturated rings. The number of allylic oxidation sites excluding steroid dienone is 1. The zero-order valence-electron chi connectivity index (χ0n) is 14.0. The third-order valence-electron chi connectivity index (χ3n) is 7.09. The largest absolute Gasteiger partial charge is 0.393 e. The van der Waals surface area contributed by atoms with Crippen LogP contribution in [0.1, 0.15) is 79.1 Å². The zero-order chi connectivity index (χ0) is 15.0. The average Bonchev–Trinajstić information content (AvgIpc) is 2.39. The van der Waals surface area contributed by atoms with E-state index in [2.05, 4.69) is 34.3 Å². The Morgan fingerprint density at radius 2 is 1.20 bits per heavy atom. The summed E-state index contributed by atoms with van der Waals surface area (Å²) in [4.78, 5) is 0. The summed E-state index contributed by atoms with van der Waals surface area (Å²) in [5, 5.41) is 9.76. The van der Waals surface area contributed by atoms with Gasteiger partial charge in [-0.3, -0.25) is 0 Å². The SMILES string of the molecule is C=C1CCC(C(C)(C)C(C)(C)C2CCC(O)CC2)CC1. The first kappa shape index (κ1) is 16.1. The number of hydrogen-bond acceptors (Lipinski definition) is 1. The Bertz CT molecular complexity index is 335. The van der Waals surface area contributed by atoms with Crippen LogP contribution < -0.4 is 0 Å². The van der Waals surface area contributed by atoms with Gasteiger partial charge in [-0.15, -0.1) is 0 Å². The minimum absolute atomic E-state index is 0.0387. The van der Waals surface area contributed by atoms with Crippen LogP contribution in [0.3, 0.4) is 0 Å². The highest BCUT2D eigenvalue weighted by molar-refractivity contribution is 5.04. The molecule has 2 saturated carbocycles. The number of aliphatic hydroxyl groups excluding tert-OH is 1. The molecule has 0 bridgehead atoms. The van der Waals surface area contributed by atoms with E-state index in [9.17, 15) is 5.11 Å². The van der Waals surface area contributed by atoms with Crippen molar-refractivity contribution < 1.29 is 5.11 Å². The molecule has 20 heavy (non-hydrogen) atoms. The molecule has 2 aliphatic carbocycles. The second-order valence-corrected chi connectivity index (χ2v) is 8.47. The van der Waals surface area contributed by atoms with E-state index < -0.39 is 0 Å². The molecule has 0 aromatic carbocycles. The van der Waals surface area contributed by atoms with Gasteiger partial charge >= 0.3 is 0 Å². The van der Waals surface area contributed by atoms with Crippen molar-refractivity contribution in [2.45, 2.75) is 85.2 Å². The van der Waals surface area contributed by atoms with E-state index in [1.165, 1.54) is 44.1 Å². The Balaban J connectivity index is 2.07. The quantitative estimate of drug-likeness (QED) is 0.691. The Kier molecular flexibility index (Phi) is 4.69. The summed E-state index contributed by atoms with van der Waals surface area (Å²) >= 11 is 0. The molecule has 0 amide bonds. The van der Waals surface area contributed by atoms with Crippen molar-refractivity contribution in [3.8, 4) is 0 Å². The van der Waals surface area contributed by atoms with Crippen molar-refractivity contribution in [1.82, 2.24) is 0 Å². The standard InChI is InChI=1S/C19H34O/c1-14-6-8-15(9-7-14)18(2,3)19(4,5)16-10-12-17(20)13-11-16/h15-17,20H,1,6-13H2,2-5H3. The predicted molar refractivity (Wildman–Crippen MR) is 86.6 cm³/mol. The topological polar surface area (TPSA) is 20.2 Å². The van der Waals surface area contributed by atoms with Gasteiger partial charge in [-0.1, -0.05) is 39.8 Å². The molecule has 0 aromatic rings. The highest BCUT2D eigenvalue weighted by Crippen LogP contribution is 2.56. The molecular weight excluding hydrogens is 244 g/mol. The zero-order valence-corrected chi connectivity index (χ0v) is 14.0. The summed E-state index contributed by atoms with van der Waals surface area (Å²) < 4.78 is 0. The molecule has 0 unspecified atom stereocenters. The summed E-state index contributed by atoms with van der Waals surface area (Å²) in [6.07, 6.45) is 9.49. The lowest BCUT2D eigenvalue weighted by atomic mass is 9.52. The second kappa shape index (κ2) is 5.83. The van der Waals surface area contributed by atoms with Gasteiger partial charge in [0.1, 0.15) is 0 Å². The van der Waals surface area contributed by atoms with Crippen LogP contribution in [0.25, 0.3) is 0 Å². The minimum Gasteiger partial charge on any atom is -0.393 e. The third-order valence-corrected chi connectivity index (χ3v) is 7.09. The molecule has 0 aliphatic heterocycles. The summed E-state index contributed by atoms with van der Waals surface area (Å²) in [6.45, 7) is 14.1. The van der Waals surface area contributed by atoms with Crippen LogP contribution in [-0.2, 0) is 0 Å². The maximum absolute atomic E-state index is 9.76. The van der Waals surface area contributed by atoms with Crippen molar-refractivity contribution in [2.75, 3.05) is 0 Å². The predicted octanol–water partition coefficient (Wildman–Crippen LogP) is 5.34. The fourth-order valence-corrected chi connectivity index (χ4v) is 4.60. The first-order valence-corrected chi connectivity index (χ1v) is 8.60. The fourth-order valence-electron chi connectivity index (χ4n) is 4.60. The van der Waals surface area contributed by atoms with Crippen LogP contribution in [0.4, 0.5) is 0 Å². The van der Waals surface area contributed by atoms with Gasteiger partial charge in [0.15, 0.2) is 0 Å². The molecule has 0 radical (unpaired) electrons. The van der Waals surface area contributed by atoms with Gasteiger partial charge in [0.25, 0.3) is 0 Å². The molecule has 1 heteroatoms. The Hall–Kier alpha value is -0.300. The van der Waals surface area contributed by atoms with Crippen molar-refractivity contribution in [1.29, 1.82) is 0 Å². The van der Waals surface area contributed by atoms with Crippen LogP contribution >= 0.6 is 0 Å². The monoisotopic (exact) mass is 278 g/mol. The smallest absolute Gasteiger partial charge is 0.0540 e. The maximum Gasteiger partial charge on any atom is 0.0540 e. The summed E-state index contributed by atoms with van der Waals surface area (Å²) in [5.41, 5.74) is 2.19. The van der Waals surface area contributed by atoms with Crippen molar-refractivity contribution in [3.63, 3.8) is 0 Å². The van der Waals surface area contributed by atoms with Crippen molar-refractivity contribution >= 4 is 0 Å². The van der Waals surface area contributed by atoms with Gasteiger partial charge in [-0.05, 0) is 74.0 Å². The first-order chi connectivity index (χ1) is 9.25. The average molecular weight is 278 g/mol. The minimum atomic E-state index is -0.0387. The highest BCUT2D eigenvalue weighted by Gasteiger charge is 2.47. The Labute approximate surface area is 125 Å². The highest BCUT2D eigenvalue weighted by atomic mass is 16.3. The molecule has 1 N–H and O–H groups in total. The van der Waals surface area contributed by atoms with Gasteiger partial charge in [0, 0.05) is 0 Å². The number of hydrogen-bond donors (Lipinski definition) is 1. The molecule has 0 heterocycles. The van der Waals surface area contributed by atoms with E-state index in [4.69, 9.17) is 0 Å². The lowest BCUT2D eigenvalue weighted by molar-refractivity contribution is -0.0474. The molecule has 0 aromatic heterocycles.